The lowest BCUT2D eigenvalue weighted by Gasteiger charge is -2.06. The van der Waals surface area contributed by atoms with E-state index in [0.29, 0.717) is 12.2 Å². The molecule has 0 aliphatic carbocycles. The molecule has 0 saturated carbocycles. The maximum Gasteiger partial charge on any atom is 0.244 e. The molecular formula is C16H20N2O3S. The molecule has 2 aromatic rings. The highest BCUT2D eigenvalue weighted by atomic mass is 32.2. The van der Waals surface area contributed by atoms with Gasteiger partial charge in [0.2, 0.25) is 5.89 Å². The van der Waals surface area contributed by atoms with Crippen molar-refractivity contribution in [3.05, 3.63) is 53.7 Å². The van der Waals surface area contributed by atoms with Gasteiger partial charge in [-0.1, -0.05) is 54.6 Å². The first-order valence-electron chi connectivity index (χ1n) is 7.28. The zero-order chi connectivity index (χ0) is 16.0. The molecule has 1 heterocycles. The maximum absolute atomic E-state index is 12.3. The molecule has 22 heavy (non-hydrogen) atoms. The summed E-state index contributed by atoms with van der Waals surface area (Å²) in [6, 6.07) is 9.57. The van der Waals surface area contributed by atoms with Crippen LogP contribution < -0.4 is 0 Å². The van der Waals surface area contributed by atoms with Gasteiger partial charge in [0.15, 0.2) is 15.7 Å². The lowest BCUT2D eigenvalue weighted by atomic mass is 10.2. The van der Waals surface area contributed by atoms with Crippen molar-refractivity contribution >= 4 is 15.9 Å². The van der Waals surface area contributed by atoms with E-state index < -0.39 is 15.1 Å². The molecule has 2 rings (SSSR count). The average Bonchev–Trinajstić information content (AvgIpc) is 2.96. The highest BCUT2D eigenvalue weighted by Gasteiger charge is 2.26. The molecule has 6 heteroatoms. The van der Waals surface area contributed by atoms with Gasteiger partial charge in [-0.3, -0.25) is 0 Å². The van der Waals surface area contributed by atoms with Crippen LogP contribution in [-0.2, 0) is 16.3 Å². The van der Waals surface area contributed by atoms with Crippen LogP contribution in [0.2, 0.25) is 0 Å². The number of hydrogen-bond acceptors (Lipinski definition) is 5. The molecule has 0 amide bonds. The van der Waals surface area contributed by atoms with E-state index in [4.69, 9.17) is 4.52 Å². The lowest BCUT2D eigenvalue weighted by Crippen LogP contribution is -2.13. The van der Waals surface area contributed by atoms with Crippen molar-refractivity contribution in [2.75, 3.05) is 5.75 Å². The number of nitrogens with zero attached hydrogens (tertiary/aromatic N) is 2. The smallest absolute Gasteiger partial charge is 0.244 e. The van der Waals surface area contributed by atoms with Crippen LogP contribution in [0.4, 0.5) is 0 Å². The van der Waals surface area contributed by atoms with Gasteiger partial charge in [0.05, 0.1) is 5.75 Å². The minimum atomic E-state index is -3.37. The van der Waals surface area contributed by atoms with E-state index in [2.05, 4.69) is 10.1 Å². The largest absolute Gasteiger partial charge is 0.338 e. The molecule has 0 bridgehead atoms. The molecule has 1 unspecified atom stereocenters. The number of rotatable bonds is 7. The minimum absolute atomic E-state index is 0.0610. The second kappa shape index (κ2) is 7.35. The fourth-order valence-corrected chi connectivity index (χ4v) is 2.99. The molecule has 0 N–H and O–H groups in total. The normalized spacial score (nSPS) is 13.5. The summed E-state index contributed by atoms with van der Waals surface area (Å²) in [5, 5.41) is 3.00. The third-order valence-corrected chi connectivity index (χ3v) is 5.22. The second-order valence-electron chi connectivity index (χ2n) is 5.08. The van der Waals surface area contributed by atoms with Crippen LogP contribution in [0.5, 0.6) is 0 Å². The first kappa shape index (κ1) is 16.4. The summed E-state index contributed by atoms with van der Waals surface area (Å²) >= 11 is 0. The Morgan fingerprint density at radius 2 is 2.00 bits per heavy atom. The molecule has 0 fully saturated rings. The Hall–Kier alpha value is -1.95. The summed E-state index contributed by atoms with van der Waals surface area (Å²) in [4.78, 5) is 4.15. The van der Waals surface area contributed by atoms with Crippen LogP contribution in [0.25, 0.3) is 6.08 Å². The molecule has 5 nitrogen and oxygen atoms in total. The van der Waals surface area contributed by atoms with Crippen LogP contribution in [0, 0.1) is 0 Å². The van der Waals surface area contributed by atoms with Crippen LogP contribution >= 0.6 is 0 Å². The van der Waals surface area contributed by atoms with Gasteiger partial charge in [0.1, 0.15) is 5.25 Å². The van der Waals surface area contributed by atoms with Gasteiger partial charge >= 0.3 is 0 Å². The summed E-state index contributed by atoms with van der Waals surface area (Å²) in [5.41, 5.74) is 0.966. The van der Waals surface area contributed by atoms with Crippen LogP contribution in [0.1, 0.15) is 42.8 Å². The molecule has 1 atom stereocenters. The first-order chi connectivity index (χ1) is 10.5. The third-order valence-electron chi connectivity index (χ3n) is 3.28. The summed E-state index contributed by atoms with van der Waals surface area (Å²) < 4.78 is 29.7. The number of benzene rings is 1. The van der Waals surface area contributed by atoms with Gasteiger partial charge in [-0.15, -0.1) is 0 Å². The standard InChI is InChI=1S/C16H20N2O3S/c1-3-8-15-17-16(21-18-15)13(2)22(19,20)12-7-11-14-9-5-4-6-10-14/h4-7,9-11,13H,3,8,12H2,1-2H3. The van der Waals surface area contributed by atoms with Crippen molar-refractivity contribution in [2.24, 2.45) is 0 Å². The monoisotopic (exact) mass is 320 g/mol. The highest BCUT2D eigenvalue weighted by molar-refractivity contribution is 7.91. The Labute approximate surface area is 131 Å². The summed E-state index contributed by atoms with van der Waals surface area (Å²) in [6.07, 6.45) is 5.01. The van der Waals surface area contributed by atoms with Gasteiger partial charge in [0.25, 0.3) is 0 Å². The van der Waals surface area contributed by atoms with Gasteiger partial charge in [-0.05, 0) is 18.9 Å². The van der Waals surface area contributed by atoms with E-state index in [-0.39, 0.29) is 11.6 Å². The average molecular weight is 320 g/mol. The Morgan fingerprint density at radius 1 is 1.27 bits per heavy atom. The first-order valence-corrected chi connectivity index (χ1v) is 9.00. The van der Waals surface area contributed by atoms with Gasteiger partial charge in [-0.2, -0.15) is 4.98 Å². The molecule has 1 aromatic carbocycles. The Balaban J connectivity index is 2.04. The van der Waals surface area contributed by atoms with Crippen LogP contribution in [-0.4, -0.2) is 24.3 Å². The van der Waals surface area contributed by atoms with Gasteiger partial charge in [0, 0.05) is 6.42 Å². The molecule has 1 aromatic heterocycles. The fraction of sp³-hybridized carbons (Fsp3) is 0.375. The SMILES string of the molecule is CCCc1noc(C(C)S(=O)(=O)CC=Cc2ccccc2)n1. The minimum Gasteiger partial charge on any atom is -0.338 e. The summed E-state index contributed by atoms with van der Waals surface area (Å²) in [6.45, 7) is 3.58. The predicted octanol–water partition coefficient (Wildman–Crippen LogP) is 3.21. The van der Waals surface area contributed by atoms with E-state index in [0.717, 1.165) is 12.0 Å². The van der Waals surface area contributed by atoms with Crippen LogP contribution in [0.3, 0.4) is 0 Å². The molecule has 0 aliphatic rings. The fourth-order valence-electron chi connectivity index (χ4n) is 1.94. The van der Waals surface area contributed by atoms with Crippen molar-refractivity contribution in [3.8, 4) is 0 Å². The third kappa shape index (κ3) is 4.27. The number of sulfone groups is 1. The molecule has 118 valence electrons. The Kier molecular flexibility index (Phi) is 5.49. The van der Waals surface area contributed by atoms with E-state index in [1.807, 2.05) is 37.3 Å². The second-order valence-corrected chi connectivity index (χ2v) is 7.45. The highest BCUT2D eigenvalue weighted by Crippen LogP contribution is 2.21. The summed E-state index contributed by atoms with van der Waals surface area (Å²) in [7, 11) is -3.37. The van der Waals surface area contributed by atoms with Gasteiger partial charge < -0.3 is 4.52 Å². The zero-order valence-electron chi connectivity index (χ0n) is 12.8. The van der Waals surface area contributed by atoms with Crippen molar-refractivity contribution in [2.45, 2.75) is 31.9 Å². The number of aryl methyl sites for hydroxylation is 1. The van der Waals surface area contributed by atoms with E-state index in [9.17, 15) is 8.42 Å². The van der Waals surface area contributed by atoms with E-state index >= 15 is 0 Å². The van der Waals surface area contributed by atoms with E-state index in [1.54, 1.807) is 19.1 Å². The lowest BCUT2D eigenvalue weighted by molar-refractivity contribution is 0.371. The molecule has 0 aliphatic heterocycles. The quantitative estimate of drug-likeness (QED) is 0.783. The van der Waals surface area contributed by atoms with Crippen molar-refractivity contribution in [3.63, 3.8) is 0 Å². The molecule has 0 saturated heterocycles. The Bertz CT molecular complexity index is 721. The molecule has 0 radical (unpaired) electrons. The molecular weight excluding hydrogens is 300 g/mol. The molecule has 0 spiro atoms. The van der Waals surface area contributed by atoms with E-state index in [1.165, 1.54) is 0 Å². The zero-order valence-corrected chi connectivity index (χ0v) is 13.6. The van der Waals surface area contributed by atoms with Crippen molar-refractivity contribution < 1.29 is 12.9 Å². The van der Waals surface area contributed by atoms with Crippen LogP contribution in [0.15, 0.2) is 40.9 Å². The van der Waals surface area contributed by atoms with Crippen molar-refractivity contribution in [1.82, 2.24) is 10.1 Å². The number of hydrogen-bond donors (Lipinski definition) is 0. The topological polar surface area (TPSA) is 73.1 Å². The predicted molar refractivity (Wildman–Crippen MR) is 86.0 cm³/mol. The van der Waals surface area contributed by atoms with Gasteiger partial charge in [-0.25, -0.2) is 8.42 Å². The Morgan fingerprint density at radius 3 is 2.68 bits per heavy atom. The maximum atomic E-state index is 12.3. The summed E-state index contributed by atoms with van der Waals surface area (Å²) in [5.74, 6) is 0.658. The van der Waals surface area contributed by atoms with Crippen molar-refractivity contribution in [1.29, 1.82) is 0 Å². The number of aromatic nitrogens is 2.